The van der Waals surface area contributed by atoms with Crippen LogP contribution < -0.4 is 5.73 Å². The summed E-state index contributed by atoms with van der Waals surface area (Å²) in [6.45, 7) is 2.29. The van der Waals surface area contributed by atoms with Crippen LogP contribution in [0.1, 0.15) is 6.42 Å². The number of halogens is 1. The van der Waals surface area contributed by atoms with Crippen molar-refractivity contribution in [3.63, 3.8) is 0 Å². The standard InChI is InChI=1S/C7H15NO2.ClH/c1-9-4-6-5-10-3-2-7(6)8;/h6-7H,2-5,8H2,1H3;1H. The van der Waals surface area contributed by atoms with Crippen LogP contribution in [0.2, 0.25) is 0 Å². The van der Waals surface area contributed by atoms with E-state index in [4.69, 9.17) is 15.2 Å². The van der Waals surface area contributed by atoms with Gasteiger partial charge in [0.15, 0.2) is 0 Å². The summed E-state index contributed by atoms with van der Waals surface area (Å²) in [5.74, 6) is 0.402. The molecular weight excluding hydrogens is 166 g/mol. The van der Waals surface area contributed by atoms with Gasteiger partial charge in [-0.3, -0.25) is 0 Å². The molecule has 1 aliphatic heterocycles. The van der Waals surface area contributed by atoms with Crippen LogP contribution in [0.25, 0.3) is 0 Å². The molecule has 1 fully saturated rings. The molecule has 1 heterocycles. The maximum atomic E-state index is 5.81. The van der Waals surface area contributed by atoms with Crippen LogP contribution in [-0.4, -0.2) is 33.0 Å². The fraction of sp³-hybridized carbons (Fsp3) is 1.00. The van der Waals surface area contributed by atoms with Crippen molar-refractivity contribution in [2.45, 2.75) is 12.5 Å². The van der Waals surface area contributed by atoms with Gasteiger partial charge in [0.2, 0.25) is 0 Å². The Bertz CT molecular complexity index is 100. The molecule has 0 aliphatic carbocycles. The molecule has 0 saturated carbocycles. The van der Waals surface area contributed by atoms with Crippen molar-refractivity contribution in [3.05, 3.63) is 0 Å². The van der Waals surface area contributed by atoms with Crippen molar-refractivity contribution in [3.8, 4) is 0 Å². The highest BCUT2D eigenvalue weighted by molar-refractivity contribution is 5.85. The molecule has 0 amide bonds. The number of hydrogen-bond donors (Lipinski definition) is 1. The highest BCUT2D eigenvalue weighted by Gasteiger charge is 2.21. The van der Waals surface area contributed by atoms with Gasteiger partial charge in [0, 0.05) is 25.7 Å². The van der Waals surface area contributed by atoms with E-state index < -0.39 is 0 Å². The van der Waals surface area contributed by atoms with E-state index in [2.05, 4.69) is 0 Å². The van der Waals surface area contributed by atoms with Gasteiger partial charge < -0.3 is 15.2 Å². The lowest BCUT2D eigenvalue weighted by Crippen LogP contribution is -2.40. The molecule has 2 atom stereocenters. The highest BCUT2D eigenvalue weighted by atomic mass is 35.5. The van der Waals surface area contributed by atoms with E-state index in [1.807, 2.05) is 0 Å². The van der Waals surface area contributed by atoms with Gasteiger partial charge >= 0.3 is 0 Å². The number of rotatable bonds is 2. The second-order valence-corrected chi connectivity index (χ2v) is 2.74. The average molecular weight is 182 g/mol. The van der Waals surface area contributed by atoms with Crippen LogP contribution in [0.5, 0.6) is 0 Å². The Labute approximate surface area is 73.6 Å². The van der Waals surface area contributed by atoms with Crippen molar-refractivity contribution in [2.75, 3.05) is 26.9 Å². The SMILES string of the molecule is COCC1COCCC1N.Cl. The zero-order chi connectivity index (χ0) is 7.40. The smallest absolute Gasteiger partial charge is 0.0531 e. The number of methoxy groups -OCH3 is 1. The van der Waals surface area contributed by atoms with Gasteiger partial charge in [0.1, 0.15) is 0 Å². The number of ether oxygens (including phenoxy) is 2. The maximum absolute atomic E-state index is 5.81. The van der Waals surface area contributed by atoms with Gasteiger partial charge in [-0.2, -0.15) is 0 Å². The predicted octanol–water partition coefficient (Wildman–Crippen LogP) is 0.418. The summed E-state index contributed by atoms with van der Waals surface area (Å²) in [7, 11) is 1.70. The molecule has 1 aliphatic rings. The molecule has 0 aromatic rings. The summed E-state index contributed by atoms with van der Waals surface area (Å²) in [6, 6.07) is 0.272. The van der Waals surface area contributed by atoms with Crippen LogP contribution in [0, 0.1) is 5.92 Å². The van der Waals surface area contributed by atoms with Crippen LogP contribution in [0.4, 0.5) is 0 Å². The monoisotopic (exact) mass is 181 g/mol. The van der Waals surface area contributed by atoms with E-state index in [-0.39, 0.29) is 18.4 Å². The van der Waals surface area contributed by atoms with Crippen molar-refractivity contribution < 1.29 is 9.47 Å². The van der Waals surface area contributed by atoms with Crippen molar-refractivity contribution >= 4 is 12.4 Å². The first-order valence-electron chi connectivity index (χ1n) is 3.67. The van der Waals surface area contributed by atoms with Crippen LogP contribution in [0.3, 0.4) is 0 Å². The topological polar surface area (TPSA) is 44.5 Å². The largest absolute Gasteiger partial charge is 0.384 e. The van der Waals surface area contributed by atoms with Gasteiger partial charge in [-0.25, -0.2) is 0 Å². The summed E-state index contributed by atoms with van der Waals surface area (Å²) in [5.41, 5.74) is 5.81. The van der Waals surface area contributed by atoms with E-state index in [1.54, 1.807) is 7.11 Å². The Morgan fingerprint density at radius 3 is 2.91 bits per heavy atom. The lowest BCUT2D eigenvalue weighted by Gasteiger charge is -2.27. The van der Waals surface area contributed by atoms with Crippen LogP contribution >= 0.6 is 12.4 Å². The van der Waals surface area contributed by atoms with E-state index in [9.17, 15) is 0 Å². The molecule has 1 rings (SSSR count). The molecule has 0 radical (unpaired) electrons. The first-order valence-corrected chi connectivity index (χ1v) is 3.67. The zero-order valence-corrected chi connectivity index (χ0v) is 7.60. The van der Waals surface area contributed by atoms with Gasteiger partial charge in [0.05, 0.1) is 13.2 Å². The fourth-order valence-corrected chi connectivity index (χ4v) is 1.20. The van der Waals surface area contributed by atoms with E-state index in [0.29, 0.717) is 5.92 Å². The lowest BCUT2D eigenvalue weighted by atomic mass is 9.98. The summed E-state index contributed by atoms with van der Waals surface area (Å²) in [5, 5.41) is 0. The summed E-state index contributed by atoms with van der Waals surface area (Å²) in [4.78, 5) is 0. The van der Waals surface area contributed by atoms with E-state index in [1.165, 1.54) is 0 Å². The highest BCUT2D eigenvalue weighted by Crippen LogP contribution is 2.12. The molecule has 4 heteroatoms. The Morgan fingerprint density at radius 1 is 1.64 bits per heavy atom. The normalized spacial score (nSPS) is 31.1. The summed E-state index contributed by atoms with van der Waals surface area (Å²) < 4.78 is 10.2. The number of nitrogens with two attached hydrogens (primary N) is 1. The van der Waals surface area contributed by atoms with Crippen molar-refractivity contribution in [2.24, 2.45) is 11.7 Å². The molecule has 0 aromatic heterocycles. The maximum Gasteiger partial charge on any atom is 0.0531 e. The minimum atomic E-state index is 0. The molecule has 1 saturated heterocycles. The van der Waals surface area contributed by atoms with E-state index >= 15 is 0 Å². The molecule has 68 valence electrons. The second kappa shape index (κ2) is 5.77. The molecule has 2 N–H and O–H groups in total. The third-order valence-corrected chi connectivity index (χ3v) is 1.91. The Kier molecular flexibility index (Phi) is 5.86. The first-order chi connectivity index (χ1) is 4.84. The first kappa shape index (κ1) is 11.2. The Morgan fingerprint density at radius 2 is 2.36 bits per heavy atom. The summed E-state index contributed by atoms with van der Waals surface area (Å²) in [6.07, 6.45) is 0.966. The van der Waals surface area contributed by atoms with Gasteiger partial charge in [-0.15, -0.1) is 12.4 Å². The average Bonchev–Trinajstić information content (AvgIpc) is 1.94. The molecule has 0 aromatic carbocycles. The van der Waals surface area contributed by atoms with Crippen LogP contribution in [0.15, 0.2) is 0 Å². The quantitative estimate of drug-likeness (QED) is 0.672. The molecule has 11 heavy (non-hydrogen) atoms. The van der Waals surface area contributed by atoms with Crippen molar-refractivity contribution in [1.29, 1.82) is 0 Å². The van der Waals surface area contributed by atoms with Gasteiger partial charge in [-0.05, 0) is 6.42 Å². The van der Waals surface area contributed by atoms with Gasteiger partial charge in [-0.1, -0.05) is 0 Å². The second-order valence-electron chi connectivity index (χ2n) is 2.74. The third kappa shape index (κ3) is 3.38. The minimum absolute atomic E-state index is 0. The minimum Gasteiger partial charge on any atom is -0.384 e. The number of hydrogen-bond acceptors (Lipinski definition) is 3. The Balaban J connectivity index is 0.000001000. The zero-order valence-electron chi connectivity index (χ0n) is 6.79. The molecule has 0 bridgehead atoms. The molecule has 3 nitrogen and oxygen atoms in total. The molecule has 2 unspecified atom stereocenters. The fourth-order valence-electron chi connectivity index (χ4n) is 1.20. The lowest BCUT2D eigenvalue weighted by molar-refractivity contribution is 0.00702. The molecular formula is C7H16ClNO2. The van der Waals surface area contributed by atoms with E-state index in [0.717, 1.165) is 26.2 Å². The van der Waals surface area contributed by atoms with Gasteiger partial charge in [0.25, 0.3) is 0 Å². The molecule has 0 spiro atoms. The van der Waals surface area contributed by atoms with Crippen molar-refractivity contribution in [1.82, 2.24) is 0 Å². The summed E-state index contributed by atoms with van der Waals surface area (Å²) >= 11 is 0. The van der Waals surface area contributed by atoms with Crippen LogP contribution in [-0.2, 0) is 9.47 Å². The predicted molar refractivity (Wildman–Crippen MR) is 46.0 cm³/mol. The third-order valence-electron chi connectivity index (χ3n) is 1.91. The Hall–Kier alpha value is 0.170.